The van der Waals surface area contributed by atoms with Gasteiger partial charge in [0.1, 0.15) is 0 Å². The number of benzene rings is 2. The van der Waals surface area contributed by atoms with Crippen molar-refractivity contribution in [2.45, 2.75) is 24.7 Å². The summed E-state index contributed by atoms with van der Waals surface area (Å²) in [4.78, 5) is 10.9. The zero-order chi connectivity index (χ0) is 17.7. The first-order valence-corrected chi connectivity index (χ1v) is 9.20. The van der Waals surface area contributed by atoms with Crippen molar-refractivity contribution >= 4 is 33.3 Å². The minimum absolute atomic E-state index is 0.0340. The number of anilines is 1. The van der Waals surface area contributed by atoms with Gasteiger partial charge in [0, 0.05) is 13.0 Å². The molecule has 0 fully saturated rings. The lowest BCUT2D eigenvalue weighted by Crippen LogP contribution is -2.32. The van der Waals surface area contributed by atoms with Crippen molar-refractivity contribution in [1.29, 1.82) is 0 Å². The van der Waals surface area contributed by atoms with Crippen LogP contribution in [-0.2, 0) is 14.8 Å². The lowest BCUT2D eigenvalue weighted by atomic mass is 10.2. The highest BCUT2D eigenvalue weighted by molar-refractivity contribution is 7.92. The van der Waals surface area contributed by atoms with Crippen LogP contribution in [-0.4, -0.2) is 26.0 Å². The van der Waals surface area contributed by atoms with Crippen LogP contribution in [0.1, 0.15) is 18.4 Å². The van der Waals surface area contributed by atoms with Gasteiger partial charge in [0.05, 0.1) is 15.6 Å². The summed E-state index contributed by atoms with van der Waals surface area (Å²) in [6.45, 7) is 1.90. The van der Waals surface area contributed by atoms with Crippen molar-refractivity contribution in [3.05, 3.63) is 59.1 Å². The molecule has 0 radical (unpaired) electrons. The van der Waals surface area contributed by atoms with Gasteiger partial charge in [-0.2, -0.15) is 0 Å². The number of carboxylic acids is 1. The Morgan fingerprint density at radius 1 is 1.12 bits per heavy atom. The molecule has 2 aromatic carbocycles. The lowest BCUT2D eigenvalue weighted by molar-refractivity contribution is -0.137. The topological polar surface area (TPSA) is 74.7 Å². The van der Waals surface area contributed by atoms with Crippen LogP contribution >= 0.6 is 11.6 Å². The minimum atomic E-state index is -3.84. The van der Waals surface area contributed by atoms with E-state index in [0.717, 1.165) is 5.56 Å². The molecule has 1 N–H and O–H groups in total. The smallest absolute Gasteiger partial charge is 0.303 e. The summed E-state index contributed by atoms with van der Waals surface area (Å²) >= 11 is 6.16. The number of sulfonamides is 1. The number of aliphatic carboxylic acids is 1. The van der Waals surface area contributed by atoms with Crippen LogP contribution in [0.4, 0.5) is 5.69 Å². The molecule has 24 heavy (non-hydrogen) atoms. The highest BCUT2D eigenvalue weighted by atomic mass is 35.5. The Balaban J connectivity index is 2.42. The second kappa shape index (κ2) is 7.68. The van der Waals surface area contributed by atoms with Gasteiger partial charge >= 0.3 is 5.97 Å². The molecule has 7 heteroatoms. The van der Waals surface area contributed by atoms with E-state index < -0.39 is 16.0 Å². The second-order valence-corrected chi connectivity index (χ2v) is 7.61. The number of aryl methyl sites for hydroxylation is 1. The van der Waals surface area contributed by atoms with Gasteiger partial charge in [0.2, 0.25) is 0 Å². The maximum Gasteiger partial charge on any atom is 0.303 e. The standard InChI is InChI=1S/C17H18ClNO4S/c1-13-8-10-14(11-9-13)24(22,23)19(12-4-7-17(20)21)16-6-3-2-5-15(16)18/h2-3,5-6,8-11H,4,7,12H2,1H3,(H,20,21). The third-order valence-corrected chi connectivity index (χ3v) is 5.63. The molecule has 0 unspecified atom stereocenters. The minimum Gasteiger partial charge on any atom is -0.481 e. The highest BCUT2D eigenvalue weighted by Crippen LogP contribution is 2.30. The number of carboxylic acid groups (broad SMARTS) is 1. The number of hydrogen-bond donors (Lipinski definition) is 1. The number of nitrogens with zero attached hydrogens (tertiary/aromatic N) is 1. The largest absolute Gasteiger partial charge is 0.481 e. The third kappa shape index (κ3) is 4.27. The van der Waals surface area contributed by atoms with Crippen LogP contribution in [0.3, 0.4) is 0 Å². The van der Waals surface area contributed by atoms with Crippen LogP contribution in [0, 0.1) is 6.92 Å². The van der Waals surface area contributed by atoms with Gasteiger partial charge in [0.25, 0.3) is 10.0 Å². The van der Waals surface area contributed by atoms with Gasteiger partial charge in [-0.3, -0.25) is 9.10 Å². The van der Waals surface area contributed by atoms with Gasteiger partial charge in [-0.25, -0.2) is 8.42 Å². The summed E-state index contributed by atoms with van der Waals surface area (Å²) < 4.78 is 27.2. The van der Waals surface area contributed by atoms with E-state index >= 15 is 0 Å². The summed E-state index contributed by atoms with van der Waals surface area (Å²) in [6, 6.07) is 13.1. The van der Waals surface area contributed by atoms with Crippen LogP contribution in [0.5, 0.6) is 0 Å². The van der Waals surface area contributed by atoms with E-state index in [1.165, 1.54) is 16.4 Å². The van der Waals surface area contributed by atoms with Gasteiger partial charge in [-0.15, -0.1) is 0 Å². The highest BCUT2D eigenvalue weighted by Gasteiger charge is 2.26. The number of para-hydroxylation sites is 1. The fourth-order valence-corrected chi connectivity index (χ4v) is 4.05. The summed E-state index contributed by atoms with van der Waals surface area (Å²) in [7, 11) is -3.84. The number of hydrogen-bond acceptors (Lipinski definition) is 3. The summed E-state index contributed by atoms with van der Waals surface area (Å²) in [5.74, 6) is -0.971. The van der Waals surface area contributed by atoms with E-state index in [1.807, 2.05) is 6.92 Å². The average molecular weight is 368 g/mol. The molecule has 2 rings (SSSR count). The predicted octanol–water partition coefficient (Wildman–Crippen LogP) is 3.71. The Bertz CT molecular complexity index is 819. The van der Waals surface area contributed by atoms with Crippen molar-refractivity contribution < 1.29 is 18.3 Å². The van der Waals surface area contributed by atoms with Crippen molar-refractivity contribution in [2.24, 2.45) is 0 Å². The SMILES string of the molecule is Cc1ccc(S(=O)(=O)N(CCCC(=O)O)c2ccccc2Cl)cc1. The zero-order valence-electron chi connectivity index (χ0n) is 13.1. The van der Waals surface area contributed by atoms with Crippen LogP contribution in [0.25, 0.3) is 0 Å². The molecule has 0 amide bonds. The van der Waals surface area contributed by atoms with E-state index in [0.29, 0.717) is 10.7 Å². The normalized spacial score (nSPS) is 11.2. The third-order valence-electron chi connectivity index (χ3n) is 3.48. The first-order chi connectivity index (χ1) is 11.3. The number of rotatable bonds is 7. The maximum atomic E-state index is 13.0. The molecular formula is C17H18ClNO4S. The molecule has 2 aromatic rings. The van der Waals surface area contributed by atoms with E-state index in [9.17, 15) is 13.2 Å². The van der Waals surface area contributed by atoms with Crippen LogP contribution in [0.2, 0.25) is 5.02 Å². The fourth-order valence-electron chi connectivity index (χ4n) is 2.24. The van der Waals surface area contributed by atoms with E-state index in [2.05, 4.69) is 0 Å². The van der Waals surface area contributed by atoms with Gasteiger partial charge < -0.3 is 5.11 Å². The molecule has 5 nitrogen and oxygen atoms in total. The van der Waals surface area contributed by atoms with Gasteiger partial charge in [0.15, 0.2) is 0 Å². The lowest BCUT2D eigenvalue weighted by Gasteiger charge is -2.25. The number of carbonyl (C=O) groups is 1. The molecule has 0 aliphatic carbocycles. The second-order valence-electron chi connectivity index (χ2n) is 5.34. The van der Waals surface area contributed by atoms with Gasteiger partial charge in [-0.1, -0.05) is 41.4 Å². The Kier molecular flexibility index (Phi) is 5.85. The van der Waals surface area contributed by atoms with E-state index in [1.54, 1.807) is 36.4 Å². The van der Waals surface area contributed by atoms with Crippen molar-refractivity contribution in [2.75, 3.05) is 10.8 Å². The first kappa shape index (κ1) is 18.3. The Morgan fingerprint density at radius 3 is 2.33 bits per heavy atom. The summed E-state index contributed by atoms with van der Waals surface area (Å²) in [5.41, 5.74) is 1.29. The fraction of sp³-hybridized carbons (Fsp3) is 0.235. The predicted molar refractivity (Wildman–Crippen MR) is 94.0 cm³/mol. The molecule has 0 aliphatic rings. The van der Waals surface area contributed by atoms with E-state index in [-0.39, 0.29) is 24.3 Å². The Morgan fingerprint density at radius 2 is 1.75 bits per heavy atom. The summed E-state index contributed by atoms with van der Waals surface area (Å²) in [5, 5.41) is 9.10. The average Bonchev–Trinajstić information content (AvgIpc) is 2.52. The van der Waals surface area contributed by atoms with Crippen LogP contribution in [0.15, 0.2) is 53.4 Å². The first-order valence-electron chi connectivity index (χ1n) is 7.38. The van der Waals surface area contributed by atoms with Crippen LogP contribution < -0.4 is 4.31 Å². The number of halogens is 1. The molecule has 0 atom stereocenters. The Labute approximate surface area is 146 Å². The molecule has 0 saturated carbocycles. The zero-order valence-corrected chi connectivity index (χ0v) is 14.7. The Hall–Kier alpha value is -2.05. The molecule has 0 spiro atoms. The molecule has 0 aliphatic heterocycles. The molecular weight excluding hydrogens is 350 g/mol. The van der Waals surface area contributed by atoms with Crippen molar-refractivity contribution in [3.8, 4) is 0 Å². The monoisotopic (exact) mass is 367 g/mol. The molecule has 0 saturated heterocycles. The molecule has 0 aromatic heterocycles. The molecule has 0 bridgehead atoms. The maximum absolute atomic E-state index is 13.0. The molecule has 0 heterocycles. The van der Waals surface area contributed by atoms with Crippen molar-refractivity contribution in [3.63, 3.8) is 0 Å². The van der Waals surface area contributed by atoms with Gasteiger partial charge in [-0.05, 0) is 37.6 Å². The molecule has 128 valence electrons. The quantitative estimate of drug-likeness (QED) is 0.809. The van der Waals surface area contributed by atoms with Crippen molar-refractivity contribution in [1.82, 2.24) is 0 Å². The van der Waals surface area contributed by atoms with E-state index in [4.69, 9.17) is 16.7 Å². The summed E-state index contributed by atoms with van der Waals surface area (Å²) in [6.07, 6.45) is 0.0655.